The molecule has 0 amide bonds. The molecular weight excluding hydrogens is 304 g/mol. The monoisotopic (exact) mass is 318 g/mol. The molecule has 0 aliphatic carbocycles. The fourth-order valence-corrected chi connectivity index (χ4v) is 4.80. The normalized spacial score (nSPS) is 19.9. The lowest BCUT2D eigenvalue weighted by Crippen LogP contribution is -2.47. The number of anilines is 2. The Labute approximate surface area is 120 Å². The van der Waals surface area contributed by atoms with Crippen molar-refractivity contribution in [3.05, 3.63) is 22.2 Å². The van der Waals surface area contributed by atoms with Gasteiger partial charge in [-0.1, -0.05) is 0 Å². The van der Waals surface area contributed by atoms with Crippen molar-refractivity contribution in [3.63, 3.8) is 0 Å². The molecule has 1 aromatic heterocycles. The van der Waals surface area contributed by atoms with Crippen LogP contribution in [0.3, 0.4) is 0 Å². The van der Waals surface area contributed by atoms with Crippen LogP contribution in [0.5, 0.6) is 0 Å². The van der Waals surface area contributed by atoms with E-state index >= 15 is 0 Å². The van der Waals surface area contributed by atoms with Crippen molar-refractivity contribution in [2.45, 2.75) is 5.37 Å². The molecule has 1 saturated heterocycles. The van der Waals surface area contributed by atoms with Crippen LogP contribution in [-0.2, 0) is 9.84 Å². The predicted molar refractivity (Wildman–Crippen MR) is 78.6 cm³/mol. The number of nitrogens with two attached hydrogens (primary N) is 1. The lowest BCUT2D eigenvalue weighted by Gasteiger charge is -2.34. The Morgan fingerprint density at radius 1 is 1.55 bits per heavy atom. The van der Waals surface area contributed by atoms with Gasteiger partial charge in [0.2, 0.25) is 5.82 Å². The van der Waals surface area contributed by atoms with Crippen molar-refractivity contribution in [1.29, 1.82) is 0 Å². The summed E-state index contributed by atoms with van der Waals surface area (Å²) in [5.41, 5.74) is 5.27. The average molecular weight is 318 g/mol. The Hall–Kier alpha value is -1.55. The maximum Gasteiger partial charge on any atom is 0.311 e. The van der Waals surface area contributed by atoms with Gasteiger partial charge in [-0.2, -0.15) is 11.8 Å². The Balaban J connectivity index is 2.38. The van der Waals surface area contributed by atoms with E-state index < -0.39 is 20.1 Å². The van der Waals surface area contributed by atoms with Crippen LogP contribution in [0.15, 0.2) is 12.1 Å². The van der Waals surface area contributed by atoms with Crippen molar-refractivity contribution < 1.29 is 13.3 Å². The highest BCUT2D eigenvalue weighted by Gasteiger charge is 2.32. The Kier molecular flexibility index (Phi) is 4.04. The van der Waals surface area contributed by atoms with E-state index in [1.54, 1.807) is 16.7 Å². The summed E-state index contributed by atoms with van der Waals surface area (Å²) in [7, 11) is -3.27. The van der Waals surface area contributed by atoms with Crippen molar-refractivity contribution >= 4 is 38.9 Å². The first-order valence-electron chi connectivity index (χ1n) is 5.75. The SMILES string of the molecule is CS(=O)(=O)C1CSCCN1c1ccc([N+](=O)[O-])c(N)n1. The number of hydrogen-bond donors (Lipinski definition) is 1. The summed E-state index contributed by atoms with van der Waals surface area (Å²) < 4.78 is 23.6. The fourth-order valence-electron chi connectivity index (χ4n) is 1.97. The highest BCUT2D eigenvalue weighted by Crippen LogP contribution is 2.28. The van der Waals surface area contributed by atoms with Gasteiger partial charge in [-0.3, -0.25) is 10.1 Å². The van der Waals surface area contributed by atoms with E-state index in [1.165, 1.54) is 18.4 Å². The number of aromatic nitrogens is 1. The standard InChI is InChI=1S/C10H14N4O4S2/c1-20(17,18)9-6-19-5-4-13(9)8-3-2-7(14(15)16)10(11)12-8/h2-3,9H,4-6H2,1H3,(H2,11,12). The number of nitro groups is 1. The van der Waals surface area contributed by atoms with E-state index in [0.29, 0.717) is 18.1 Å². The molecule has 2 heterocycles. The highest BCUT2D eigenvalue weighted by molar-refractivity contribution is 8.01. The summed E-state index contributed by atoms with van der Waals surface area (Å²) in [6.45, 7) is 0.507. The molecule has 1 aliphatic rings. The topological polar surface area (TPSA) is 119 Å². The molecule has 2 rings (SSSR count). The maximum atomic E-state index is 11.8. The van der Waals surface area contributed by atoms with Gasteiger partial charge in [0, 0.05) is 30.4 Å². The molecule has 1 aromatic rings. The van der Waals surface area contributed by atoms with E-state index in [9.17, 15) is 18.5 Å². The molecule has 0 bridgehead atoms. The number of thioether (sulfide) groups is 1. The minimum Gasteiger partial charge on any atom is -0.378 e. The summed E-state index contributed by atoms with van der Waals surface area (Å²) in [6.07, 6.45) is 1.17. The molecule has 0 radical (unpaired) electrons. The Bertz CT molecular complexity index is 634. The number of hydrogen-bond acceptors (Lipinski definition) is 8. The van der Waals surface area contributed by atoms with Crippen molar-refractivity contribution in [2.75, 3.05) is 34.9 Å². The summed E-state index contributed by atoms with van der Waals surface area (Å²) in [5, 5.41) is 10.0. The molecule has 0 aromatic carbocycles. The number of nitrogens with zero attached hydrogens (tertiary/aromatic N) is 3. The Morgan fingerprint density at radius 3 is 2.80 bits per heavy atom. The van der Waals surface area contributed by atoms with Crippen LogP contribution >= 0.6 is 11.8 Å². The molecule has 110 valence electrons. The van der Waals surface area contributed by atoms with Gasteiger partial charge in [-0.25, -0.2) is 13.4 Å². The first kappa shape index (κ1) is 14.9. The minimum absolute atomic E-state index is 0.210. The number of pyridine rings is 1. The second-order valence-corrected chi connectivity index (χ2v) is 7.74. The van der Waals surface area contributed by atoms with Gasteiger partial charge >= 0.3 is 5.69 Å². The van der Waals surface area contributed by atoms with Gasteiger partial charge in [0.25, 0.3) is 0 Å². The first-order valence-corrected chi connectivity index (χ1v) is 8.86. The van der Waals surface area contributed by atoms with Crippen molar-refractivity contribution in [1.82, 2.24) is 4.98 Å². The van der Waals surface area contributed by atoms with Crippen LogP contribution in [0.25, 0.3) is 0 Å². The van der Waals surface area contributed by atoms with E-state index in [2.05, 4.69) is 4.98 Å². The molecular formula is C10H14N4O4S2. The molecule has 1 fully saturated rings. The van der Waals surface area contributed by atoms with Gasteiger partial charge in [0.1, 0.15) is 11.2 Å². The number of sulfone groups is 1. The van der Waals surface area contributed by atoms with Gasteiger partial charge in [0.05, 0.1) is 4.92 Å². The molecule has 2 N–H and O–H groups in total. The van der Waals surface area contributed by atoms with Crippen LogP contribution in [0.2, 0.25) is 0 Å². The third-order valence-corrected chi connectivity index (χ3v) is 5.60. The quantitative estimate of drug-likeness (QED) is 0.632. The third kappa shape index (κ3) is 2.96. The fraction of sp³-hybridized carbons (Fsp3) is 0.500. The van der Waals surface area contributed by atoms with Crippen molar-refractivity contribution in [2.24, 2.45) is 0 Å². The first-order chi connectivity index (χ1) is 9.30. The van der Waals surface area contributed by atoms with Crippen molar-refractivity contribution in [3.8, 4) is 0 Å². The summed E-state index contributed by atoms with van der Waals surface area (Å²) >= 11 is 1.55. The van der Waals surface area contributed by atoms with E-state index in [4.69, 9.17) is 5.73 Å². The number of nitrogen functional groups attached to an aromatic ring is 1. The van der Waals surface area contributed by atoms with Gasteiger partial charge < -0.3 is 10.6 Å². The van der Waals surface area contributed by atoms with Gasteiger partial charge in [-0.15, -0.1) is 0 Å². The number of rotatable bonds is 3. The molecule has 0 saturated carbocycles. The second-order valence-electron chi connectivity index (χ2n) is 4.38. The zero-order valence-electron chi connectivity index (χ0n) is 10.7. The molecule has 20 heavy (non-hydrogen) atoms. The van der Waals surface area contributed by atoms with Crippen LogP contribution < -0.4 is 10.6 Å². The van der Waals surface area contributed by atoms with Crippen LogP contribution in [0, 0.1) is 10.1 Å². The average Bonchev–Trinajstić information content (AvgIpc) is 2.37. The molecule has 8 nitrogen and oxygen atoms in total. The summed E-state index contributed by atoms with van der Waals surface area (Å²) in [6, 6.07) is 2.68. The Morgan fingerprint density at radius 2 is 2.25 bits per heavy atom. The lowest BCUT2D eigenvalue weighted by molar-refractivity contribution is -0.384. The maximum absolute atomic E-state index is 11.8. The largest absolute Gasteiger partial charge is 0.378 e. The second kappa shape index (κ2) is 5.44. The molecule has 1 aliphatic heterocycles. The van der Waals surface area contributed by atoms with E-state index in [0.717, 1.165) is 5.75 Å². The molecule has 10 heteroatoms. The molecule has 1 atom stereocenters. The van der Waals surface area contributed by atoms with Crippen LogP contribution in [0.4, 0.5) is 17.3 Å². The van der Waals surface area contributed by atoms with Crippen LogP contribution in [-0.4, -0.2) is 48.0 Å². The molecule has 1 unspecified atom stereocenters. The van der Waals surface area contributed by atoms with Crippen LogP contribution in [0.1, 0.15) is 0 Å². The zero-order valence-corrected chi connectivity index (χ0v) is 12.4. The van der Waals surface area contributed by atoms with Gasteiger partial charge in [-0.05, 0) is 6.07 Å². The predicted octanol–water partition coefficient (Wildman–Crippen LogP) is 0.496. The smallest absolute Gasteiger partial charge is 0.311 e. The highest BCUT2D eigenvalue weighted by atomic mass is 32.2. The van der Waals surface area contributed by atoms with Gasteiger partial charge in [0.15, 0.2) is 9.84 Å². The minimum atomic E-state index is -3.27. The lowest BCUT2D eigenvalue weighted by atomic mass is 10.3. The third-order valence-electron chi connectivity index (χ3n) is 2.96. The zero-order chi connectivity index (χ0) is 14.9. The van der Waals surface area contributed by atoms with E-state index in [1.807, 2.05) is 0 Å². The summed E-state index contributed by atoms with van der Waals surface area (Å²) in [5.74, 6) is 1.35. The molecule has 0 spiro atoms. The van der Waals surface area contributed by atoms with E-state index in [-0.39, 0.29) is 11.5 Å². The summed E-state index contributed by atoms with van der Waals surface area (Å²) in [4.78, 5) is 15.7.